The second kappa shape index (κ2) is 11.5. The van der Waals surface area contributed by atoms with E-state index in [4.69, 9.17) is 0 Å². The average molecular weight is 569 g/mol. The lowest BCUT2D eigenvalue weighted by molar-refractivity contribution is -0.143. The van der Waals surface area contributed by atoms with E-state index in [2.05, 4.69) is 36.2 Å². The van der Waals surface area contributed by atoms with Crippen molar-refractivity contribution in [3.8, 4) is 0 Å². The van der Waals surface area contributed by atoms with Crippen LogP contribution in [0.2, 0.25) is 0 Å². The third kappa shape index (κ3) is 5.98. The lowest BCUT2D eigenvalue weighted by Gasteiger charge is -2.41. The SMILES string of the molecule is CC(C)(CC(C)(C)c1ccccc1)C(=O)N1CCN(C(=O)c2cc(Cc3n[nH]c(=O)c4ccccc34)ccc2F)CC1. The first-order valence-electron chi connectivity index (χ1n) is 14.4. The third-order valence-electron chi connectivity index (χ3n) is 8.28. The van der Waals surface area contributed by atoms with Crippen molar-refractivity contribution in [3.63, 3.8) is 0 Å². The Bertz CT molecular complexity index is 1670. The zero-order chi connectivity index (χ0) is 30.1. The highest BCUT2D eigenvalue weighted by atomic mass is 19.1. The highest BCUT2D eigenvalue weighted by Gasteiger charge is 2.39. The lowest BCUT2D eigenvalue weighted by Crippen LogP contribution is -2.54. The summed E-state index contributed by atoms with van der Waals surface area (Å²) in [5.74, 6) is -0.927. The van der Waals surface area contributed by atoms with Crippen LogP contribution in [-0.2, 0) is 16.6 Å². The number of H-pyrrole nitrogens is 1. The predicted molar refractivity (Wildman–Crippen MR) is 162 cm³/mol. The van der Waals surface area contributed by atoms with Gasteiger partial charge < -0.3 is 9.80 Å². The van der Waals surface area contributed by atoms with Crippen LogP contribution in [0.25, 0.3) is 10.8 Å². The maximum absolute atomic E-state index is 14.9. The van der Waals surface area contributed by atoms with Crippen LogP contribution in [0, 0.1) is 11.2 Å². The summed E-state index contributed by atoms with van der Waals surface area (Å²) in [6, 6.07) is 21.9. The molecule has 1 aromatic heterocycles. The molecule has 1 saturated heterocycles. The lowest BCUT2D eigenvalue weighted by atomic mass is 9.71. The van der Waals surface area contributed by atoms with Crippen molar-refractivity contribution in [2.45, 2.75) is 46.0 Å². The molecule has 5 rings (SSSR count). The highest BCUT2D eigenvalue weighted by molar-refractivity contribution is 5.95. The molecule has 0 bridgehead atoms. The topological polar surface area (TPSA) is 86.4 Å². The number of rotatable bonds is 7. The molecule has 0 saturated carbocycles. The van der Waals surface area contributed by atoms with Crippen LogP contribution in [0.3, 0.4) is 0 Å². The van der Waals surface area contributed by atoms with Gasteiger partial charge in [0.05, 0.1) is 16.6 Å². The van der Waals surface area contributed by atoms with Crippen LogP contribution in [0.5, 0.6) is 0 Å². The van der Waals surface area contributed by atoms with Gasteiger partial charge in [-0.2, -0.15) is 5.10 Å². The predicted octanol–water partition coefficient (Wildman–Crippen LogP) is 5.33. The van der Waals surface area contributed by atoms with Gasteiger partial charge in [-0.15, -0.1) is 0 Å². The number of benzene rings is 3. The fourth-order valence-corrected chi connectivity index (χ4v) is 6.23. The molecule has 42 heavy (non-hydrogen) atoms. The molecule has 1 aliphatic rings. The minimum absolute atomic E-state index is 0.00838. The zero-order valence-electron chi connectivity index (χ0n) is 24.6. The number of halogens is 1. The Morgan fingerprint density at radius 2 is 1.48 bits per heavy atom. The standard InChI is InChI=1S/C34H37FN4O3/c1-33(2,24-10-6-5-7-11-24)22-34(3,4)32(42)39-18-16-38(17-19-39)31(41)27-20-23(14-15-28(27)35)21-29-25-12-8-9-13-26(25)30(40)37-36-29/h5-15,20H,16-19,21-22H2,1-4H3,(H,37,40). The first-order chi connectivity index (χ1) is 20.0. The van der Waals surface area contributed by atoms with Crippen molar-refractivity contribution in [2.24, 2.45) is 5.41 Å². The minimum atomic E-state index is -0.592. The van der Waals surface area contributed by atoms with Gasteiger partial charge in [0.15, 0.2) is 0 Å². The molecule has 2 heterocycles. The molecule has 1 N–H and O–H groups in total. The number of hydrogen-bond donors (Lipinski definition) is 1. The van der Waals surface area contributed by atoms with E-state index in [9.17, 15) is 18.8 Å². The second-order valence-corrected chi connectivity index (χ2v) is 12.4. The summed E-state index contributed by atoms with van der Waals surface area (Å²) in [7, 11) is 0. The molecule has 7 nitrogen and oxygen atoms in total. The molecule has 0 radical (unpaired) electrons. The molecule has 1 aliphatic heterocycles. The molecule has 4 aromatic rings. The Kier molecular flexibility index (Phi) is 7.99. The summed E-state index contributed by atoms with van der Waals surface area (Å²) in [6.45, 7) is 9.75. The van der Waals surface area contributed by atoms with Gasteiger partial charge in [0, 0.05) is 43.4 Å². The third-order valence-corrected chi connectivity index (χ3v) is 8.28. The van der Waals surface area contributed by atoms with E-state index in [1.54, 1.807) is 29.2 Å². The molecule has 8 heteroatoms. The van der Waals surface area contributed by atoms with Crippen molar-refractivity contribution in [1.29, 1.82) is 0 Å². The quantitative estimate of drug-likeness (QED) is 0.327. The van der Waals surface area contributed by atoms with E-state index in [0.29, 0.717) is 61.1 Å². The van der Waals surface area contributed by atoms with Crippen LogP contribution < -0.4 is 5.56 Å². The van der Waals surface area contributed by atoms with Crippen molar-refractivity contribution in [3.05, 3.63) is 111 Å². The van der Waals surface area contributed by atoms with Crippen LogP contribution in [0.15, 0.2) is 77.6 Å². The summed E-state index contributed by atoms with van der Waals surface area (Å²) in [5.41, 5.74) is 1.48. The van der Waals surface area contributed by atoms with Crippen molar-refractivity contribution in [1.82, 2.24) is 20.0 Å². The normalized spacial score (nSPS) is 14.3. The van der Waals surface area contributed by atoms with E-state index in [1.165, 1.54) is 11.6 Å². The zero-order valence-corrected chi connectivity index (χ0v) is 24.6. The van der Waals surface area contributed by atoms with Gasteiger partial charge in [-0.05, 0) is 41.2 Å². The van der Waals surface area contributed by atoms with Gasteiger partial charge in [0.2, 0.25) is 5.91 Å². The first-order valence-corrected chi connectivity index (χ1v) is 14.4. The van der Waals surface area contributed by atoms with Gasteiger partial charge in [0.25, 0.3) is 11.5 Å². The molecule has 0 unspecified atom stereocenters. The van der Waals surface area contributed by atoms with Gasteiger partial charge in [-0.25, -0.2) is 9.49 Å². The number of hydrogen-bond acceptors (Lipinski definition) is 4. The summed E-state index contributed by atoms with van der Waals surface area (Å²) >= 11 is 0. The summed E-state index contributed by atoms with van der Waals surface area (Å²) in [4.78, 5) is 42.6. The van der Waals surface area contributed by atoms with Crippen LogP contribution in [0.1, 0.15) is 61.3 Å². The number of piperazine rings is 1. The maximum Gasteiger partial charge on any atom is 0.272 e. The van der Waals surface area contributed by atoms with Gasteiger partial charge >= 0.3 is 0 Å². The van der Waals surface area contributed by atoms with Gasteiger partial charge in [-0.3, -0.25) is 14.4 Å². The van der Waals surface area contributed by atoms with E-state index >= 15 is 0 Å². The van der Waals surface area contributed by atoms with Crippen LogP contribution in [-0.4, -0.2) is 58.0 Å². The highest BCUT2D eigenvalue weighted by Crippen LogP contribution is 2.38. The molecular weight excluding hydrogens is 531 g/mol. The Labute approximate surface area is 245 Å². The number of aromatic nitrogens is 2. The Balaban J connectivity index is 1.25. The van der Waals surface area contributed by atoms with Crippen LogP contribution in [0.4, 0.5) is 4.39 Å². The fourth-order valence-electron chi connectivity index (χ4n) is 6.23. The fraction of sp³-hybridized carbons (Fsp3) is 0.353. The Hall–Kier alpha value is -4.33. The van der Waals surface area contributed by atoms with Crippen molar-refractivity contribution >= 4 is 22.6 Å². The Morgan fingerprint density at radius 1 is 0.857 bits per heavy atom. The largest absolute Gasteiger partial charge is 0.339 e. The number of amides is 2. The monoisotopic (exact) mass is 568 g/mol. The molecule has 0 atom stereocenters. The molecular formula is C34H37FN4O3. The number of carbonyl (C=O) groups excluding carboxylic acids is 2. The van der Waals surface area contributed by atoms with E-state index < -0.39 is 17.1 Å². The number of aromatic amines is 1. The van der Waals surface area contributed by atoms with E-state index in [-0.39, 0.29) is 22.4 Å². The maximum atomic E-state index is 14.9. The van der Waals surface area contributed by atoms with E-state index in [1.807, 2.05) is 49.1 Å². The minimum Gasteiger partial charge on any atom is -0.339 e. The summed E-state index contributed by atoms with van der Waals surface area (Å²) in [6.07, 6.45) is 1.01. The summed E-state index contributed by atoms with van der Waals surface area (Å²) in [5, 5.41) is 7.97. The van der Waals surface area contributed by atoms with Gasteiger partial charge in [0.1, 0.15) is 5.82 Å². The molecule has 0 spiro atoms. The van der Waals surface area contributed by atoms with Crippen molar-refractivity contribution < 1.29 is 14.0 Å². The van der Waals surface area contributed by atoms with Crippen molar-refractivity contribution in [2.75, 3.05) is 26.2 Å². The number of nitrogens with one attached hydrogen (secondary N) is 1. The molecule has 1 fully saturated rings. The molecule has 218 valence electrons. The first kappa shape index (κ1) is 29.2. The molecule has 0 aliphatic carbocycles. The number of fused-ring (bicyclic) bond motifs is 1. The summed E-state index contributed by atoms with van der Waals surface area (Å²) < 4.78 is 14.9. The number of nitrogens with zero attached hydrogens (tertiary/aromatic N) is 3. The molecule has 2 amide bonds. The smallest absolute Gasteiger partial charge is 0.272 e. The number of carbonyl (C=O) groups is 2. The van der Waals surface area contributed by atoms with Crippen LogP contribution >= 0.6 is 0 Å². The Morgan fingerprint density at radius 3 is 2.17 bits per heavy atom. The second-order valence-electron chi connectivity index (χ2n) is 12.4. The van der Waals surface area contributed by atoms with E-state index in [0.717, 1.165) is 0 Å². The molecule has 3 aromatic carbocycles. The van der Waals surface area contributed by atoms with Gasteiger partial charge in [-0.1, -0.05) is 82.3 Å². The average Bonchev–Trinajstić information content (AvgIpc) is 2.99.